The molecular formula is C14H22N2O3. The third-order valence-electron chi connectivity index (χ3n) is 2.80. The lowest BCUT2D eigenvalue weighted by molar-refractivity contribution is 0.171. The molecule has 0 bridgehead atoms. The molecule has 1 aromatic rings. The van der Waals surface area contributed by atoms with Crippen molar-refractivity contribution in [2.75, 3.05) is 31.5 Å². The van der Waals surface area contributed by atoms with Crippen molar-refractivity contribution in [1.82, 2.24) is 0 Å². The number of anilines is 2. The highest BCUT2D eigenvalue weighted by molar-refractivity contribution is 5.85. The van der Waals surface area contributed by atoms with E-state index in [1.807, 2.05) is 24.3 Å². The average molecular weight is 266 g/mol. The second-order valence-electron chi connectivity index (χ2n) is 4.65. The van der Waals surface area contributed by atoms with Gasteiger partial charge in [0, 0.05) is 18.5 Å². The van der Waals surface area contributed by atoms with Gasteiger partial charge in [-0.1, -0.05) is 19.9 Å². The Hall–Kier alpha value is -1.75. The van der Waals surface area contributed by atoms with Crippen molar-refractivity contribution in [3.8, 4) is 0 Å². The van der Waals surface area contributed by atoms with E-state index in [-0.39, 0.29) is 6.04 Å². The van der Waals surface area contributed by atoms with Crippen molar-refractivity contribution >= 4 is 17.5 Å². The van der Waals surface area contributed by atoms with Gasteiger partial charge in [-0.05, 0) is 24.1 Å². The van der Waals surface area contributed by atoms with E-state index in [4.69, 9.17) is 4.74 Å². The zero-order valence-corrected chi connectivity index (χ0v) is 11.9. The van der Waals surface area contributed by atoms with Gasteiger partial charge in [0.1, 0.15) is 0 Å². The van der Waals surface area contributed by atoms with Gasteiger partial charge in [-0.15, -0.1) is 0 Å². The zero-order valence-electron chi connectivity index (χ0n) is 11.9. The third-order valence-corrected chi connectivity index (χ3v) is 2.80. The van der Waals surface area contributed by atoms with Gasteiger partial charge in [0.2, 0.25) is 0 Å². The lowest BCUT2D eigenvalue weighted by Crippen LogP contribution is -2.30. The molecule has 0 aromatic heterocycles. The molecule has 0 fully saturated rings. The number of hydrogen-bond acceptors (Lipinski definition) is 4. The molecule has 0 aliphatic rings. The lowest BCUT2D eigenvalue weighted by atomic mass is 10.0. The fraction of sp³-hybridized carbons (Fsp3) is 0.500. The van der Waals surface area contributed by atoms with Crippen molar-refractivity contribution in [3.63, 3.8) is 0 Å². The first-order valence-electron chi connectivity index (χ1n) is 6.27. The largest absolute Gasteiger partial charge is 0.453 e. The van der Waals surface area contributed by atoms with Gasteiger partial charge in [0.15, 0.2) is 0 Å². The Morgan fingerprint density at radius 1 is 1.26 bits per heavy atom. The Morgan fingerprint density at radius 3 is 2.53 bits per heavy atom. The molecule has 0 spiro atoms. The molecule has 1 amide bonds. The van der Waals surface area contributed by atoms with Gasteiger partial charge in [0.05, 0.1) is 19.8 Å². The molecule has 1 aromatic carbocycles. The first-order chi connectivity index (χ1) is 9.06. The highest BCUT2D eigenvalue weighted by atomic mass is 16.5. The van der Waals surface area contributed by atoms with Crippen LogP contribution in [0.25, 0.3) is 0 Å². The Morgan fingerprint density at radius 2 is 1.95 bits per heavy atom. The van der Waals surface area contributed by atoms with Crippen LogP contribution in [-0.2, 0) is 9.47 Å². The summed E-state index contributed by atoms with van der Waals surface area (Å²) in [6, 6.07) is 7.72. The molecule has 1 rings (SSSR count). The molecule has 1 atom stereocenters. The number of methoxy groups -OCH3 is 2. The Bertz CT molecular complexity index is 407. The van der Waals surface area contributed by atoms with E-state index in [9.17, 15) is 4.79 Å². The van der Waals surface area contributed by atoms with Gasteiger partial charge >= 0.3 is 6.09 Å². The summed E-state index contributed by atoms with van der Waals surface area (Å²) < 4.78 is 9.76. The lowest BCUT2D eigenvalue weighted by Gasteiger charge is -2.23. The van der Waals surface area contributed by atoms with Gasteiger partial charge in [0.25, 0.3) is 0 Å². The predicted octanol–water partition coefficient (Wildman–Crippen LogP) is 2.95. The summed E-state index contributed by atoms with van der Waals surface area (Å²) in [5.41, 5.74) is 1.63. The predicted molar refractivity (Wildman–Crippen MR) is 76.6 cm³/mol. The second kappa shape index (κ2) is 7.63. The van der Waals surface area contributed by atoms with Crippen molar-refractivity contribution < 1.29 is 14.3 Å². The van der Waals surface area contributed by atoms with Crippen molar-refractivity contribution in [3.05, 3.63) is 24.3 Å². The van der Waals surface area contributed by atoms with Gasteiger partial charge < -0.3 is 14.8 Å². The number of nitrogens with one attached hydrogen (secondary N) is 2. The fourth-order valence-corrected chi connectivity index (χ4v) is 1.65. The van der Waals surface area contributed by atoms with E-state index >= 15 is 0 Å². The second-order valence-corrected chi connectivity index (χ2v) is 4.65. The van der Waals surface area contributed by atoms with Crippen LogP contribution < -0.4 is 10.6 Å². The summed E-state index contributed by atoms with van der Waals surface area (Å²) >= 11 is 0. The first-order valence-corrected chi connectivity index (χ1v) is 6.27. The van der Waals surface area contributed by atoms with E-state index in [0.29, 0.717) is 18.2 Å². The summed E-state index contributed by atoms with van der Waals surface area (Å²) in [4.78, 5) is 11.2. The van der Waals surface area contributed by atoms with Gasteiger partial charge in [-0.3, -0.25) is 5.32 Å². The van der Waals surface area contributed by atoms with E-state index in [0.717, 1.165) is 5.69 Å². The molecule has 2 N–H and O–H groups in total. The fourth-order valence-electron chi connectivity index (χ4n) is 1.65. The number of benzene rings is 1. The Kier molecular flexibility index (Phi) is 6.15. The smallest absolute Gasteiger partial charge is 0.411 e. The van der Waals surface area contributed by atoms with Crippen LogP contribution in [0.5, 0.6) is 0 Å². The van der Waals surface area contributed by atoms with Crippen LogP contribution in [0.4, 0.5) is 16.2 Å². The number of ether oxygens (including phenoxy) is 2. The summed E-state index contributed by atoms with van der Waals surface area (Å²) in [7, 11) is 3.02. The third kappa shape index (κ3) is 5.18. The highest BCUT2D eigenvalue weighted by Gasteiger charge is 2.13. The van der Waals surface area contributed by atoms with E-state index < -0.39 is 6.09 Å². The molecule has 0 saturated heterocycles. The molecular weight excluding hydrogens is 244 g/mol. The summed E-state index contributed by atoms with van der Waals surface area (Å²) in [6.45, 7) is 4.90. The topological polar surface area (TPSA) is 59.6 Å². The van der Waals surface area contributed by atoms with Crippen molar-refractivity contribution in [2.45, 2.75) is 19.9 Å². The molecule has 0 aliphatic carbocycles. The SMILES string of the molecule is COCC(Nc1cccc(NC(=O)OC)c1)C(C)C. The number of amides is 1. The quantitative estimate of drug-likeness (QED) is 0.831. The standard InChI is InChI=1S/C14H22N2O3/c1-10(2)13(9-18-3)15-11-6-5-7-12(8-11)16-14(17)19-4/h5-8,10,13,15H,9H2,1-4H3,(H,16,17). The molecule has 0 heterocycles. The minimum Gasteiger partial charge on any atom is -0.453 e. The number of hydrogen-bond donors (Lipinski definition) is 2. The normalized spacial score (nSPS) is 12.1. The summed E-state index contributed by atoms with van der Waals surface area (Å²) in [5, 5.41) is 6.03. The van der Waals surface area contributed by atoms with Gasteiger partial charge in [-0.2, -0.15) is 0 Å². The zero-order chi connectivity index (χ0) is 14.3. The maximum Gasteiger partial charge on any atom is 0.411 e. The van der Waals surface area contributed by atoms with Crippen molar-refractivity contribution in [2.24, 2.45) is 5.92 Å². The molecule has 0 radical (unpaired) electrons. The molecule has 1 unspecified atom stereocenters. The van der Waals surface area contributed by atoms with E-state index in [1.54, 1.807) is 7.11 Å². The van der Waals surface area contributed by atoms with Crippen LogP contribution in [0.1, 0.15) is 13.8 Å². The Balaban J connectivity index is 2.72. The molecule has 5 nitrogen and oxygen atoms in total. The molecule has 106 valence electrons. The van der Waals surface area contributed by atoms with Crippen LogP contribution >= 0.6 is 0 Å². The maximum atomic E-state index is 11.2. The molecule has 0 saturated carbocycles. The molecule has 5 heteroatoms. The van der Waals surface area contributed by atoms with Crippen LogP contribution in [-0.4, -0.2) is 33.0 Å². The van der Waals surface area contributed by atoms with Crippen LogP contribution in [0.15, 0.2) is 24.3 Å². The maximum absolute atomic E-state index is 11.2. The molecule has 0 aliphatic heterocycles. The number of carbonyl (C=O) groups excluding carboxylic acids is 1. The first kappa shape index (κ1) is 15.3. The van der Waals surface area contributed by atoms with Crippen LogP contribution in [0, 0.1) is 5.92 Å². The van der Waals surface area contributed by atoms with Crippen LogP contribution in [0.2, 0.25) is 0 Å². The van der Waals surface area contributed by atoms with Crippen molar-refractivity contribution in [1.29, 1.82) is 0 Å². The van der Waals surface area contributed by atoms with E-state index in [1.165, 1.54) is 7.11 Å². The monoisotopic (exact) mass is 266 g/mol. The number of carbonyl (C=O) groups is 1. The summed E-state index contributed by atoms with van der Waals surface area (Å²) in [5.74, 6) is 0.442. The van der Waals surface area contributed by atoms with E-state index in [2.05, 4.69) is 29.2 Å². The van der Waals surface area contributed by atoms with Crippen LogP contribution in [0.3, 0.4) is 0 Å². The minimum atomic E-state index is -0.477. The average Bonchev–Trinajstić information content (AvgIpc) is 2.38. The van der Waals surface area contributed by atoms with Gasteiger partial charge in [-0.25, -0.2) is 4.79 Å². The highest BCUT2D eigenvalue weighted by Crippen LogP contribution is 2.18. The molecule has 19 heavy (non-hydrogen) atoms. The Labute approximate surface area is 114 Å². The minimum absolute atomic E-state index is 0.221. The summed E-state index contributed by atoms with van der Waals surface area (Å²) in [6.07, 6.45) is -0.477. The number of rotatable bonds is 6.